The lowest BCUT2D eigenvalue weighted by molar-refractivity contribution is 0.0209. The van der Waals surface area contributed by atoms with Crippen LogP contribution in [-0.2, 0) is 4.74 Å². The van der Waals surface area contributed by atoms with Gasteiger partial charge in [-0.1, -0.05) is 43.0 Å². The summed E-state index contributed by atoms with van der Waals surface area (Å²) >= 11 is 6.06. The van der Waals surface area contributed by atoms with Crippen LogP contribution in [0, 0.1) is 5.92 Å². The number of likely N-dealkylation sites (N-methyl/N-ethyl adjacent to an activating group) is 1. The van der Waals surface area contributed by atoms with Crippen molar-refractivity contribution in [2.45, 2.75) is 38.2 Å². The SMILES string of the molecule is CNCC(OCC1CCCCC1)c1cccc(Cl)c1. The van der Waals surface area contributed by atoms with Gasteiger partial charge in [0.15, 0.2) is 0 Å². The Balaban J connectivity index is 1.91. The Bertz CT molecular complexity index is 377. The number of hydrogen-bond acceptors (Lipinski definition) is 2. The van der Waals surface area contributed by atoms with Crippen LogP contribution in [0.1, 0.15) is 43.8 Å². The molecule has 0 heterocycles. The third kappa shape index (κ3) is 4.79. The number of rotatable bonds is 6. The van der Waals surface area contributed by atoms with Crippen molar-refractivity contribution in [2.24, 2.45) is 5.92 Å². The van der Waals surface area contributed by atoms with E-state index in [1.165, 1.54) is 32.1 Å². The lowest BCUT2D eigenvalue weighted by Crippen LogP contribution is -2.23. The van der Waals surface area contributed by atoms with Crippen LogP contribution >= 0.6 is 11.6 Å². The Kier molecular flexibility index (Phi) is 6.15. The molecule has 0 amide bonds. The Hall–Kier alpha value is -0.570. The largest absolute Gasteiger partial charge is 0.372 e. The van der Waals surface area contributed by atoms with Crippen LogP contribution in [-0.4, -0.2) is 20.2 Å². The molecule has 106 valence electrons. The van der Waals surface area contributed by atoms with Gasteiger partial charge in [-0.25, -0.2) is 0 Å². The van der Waals surface area contributed by atoms with Gasteiger partial charge in [0.1, 0.15) is 0 Å². The van der Waals surface area contributed by atoms with E-state index in [1.807, 2.05) is 25.2 Å². The van der Waals surface area contributed by atoms with Crippen LogP contribution in [0.25, 0.3) is 0 Å². The molecule has 1 aliphatic rings. The number of nitrogens with one attached hydrogen (secondary N) is 1. The zero-order chi connectivity index (χ0) is 13.5. The van der Waals surface area contributed by atoms with E-state index in [-0.39, 0.29) is 6.10 Å². The maximum atomic E-state index is 6.14. The quantitative estimate of drug-likeness (QED) is 0.844. The molecule has 0 aromatic heterocycles. The predicted octanol–water partition coefficient (Wildman–Crippen LogP) is 4.20. The second kappa shape index (κ2) is 7.88. The molecule has 0 spiro atoms. The molecule has 0 bridgehead atoms. The summed E-state index contributed by atoms with van der Waals surface area (Å²) in [6.07, 6.45) is 6.86. The molecule has 19 heavy (non-hydrogen) atoms. The number of halogens is 1. The van der Waals surface area contributed by atoms with Gasteiger partial charge in [-0.2, -0.15) is 0 Å². The second-order valence-electron chi connectivity index (χ2n) is 5.44. The summed E-state index contributed by atoms with van der Waals surface area (Å²) in [5.74, 6) is 0.743. The third-order valence-electron chi connectivity index (χ3n) is 3.87. The third-order valence-corrected chi connectivity index (χ3v) is 4.10. The fraction of sp³-hybridized carbons (Fsp3) is 0.625. The molecule has 1 aromatic carbocycles. The lowest BCUT2D eigenvalue weighted by Gasteiger charge is -2.25. The molecule has 1 aliphatic carbocycles. The summed E-state index contributed by atoms with van der Waals surface area (Å²) in [6.45, 7) is 1.70. The molecular formula is C16H24ClNO. The minimum atomic E-state index is 0.102. The summed E-state index contributed by atoms with van der Waals surface area (Å²) in [6, 6.07) is 7.99. The summed E-state index contributed by atoms with van der Waals surface area (Å²) < 4.78 is 6.14. The van der Waals surface area contributed by atoms with E-state index in [0.717, 1.165) is 29.7 Å². The van der Waals surface area contributed by atoms with E-state index in [4.69, 9.17) is 16.3 Å². The Morgan fingerprint density at radius 3 is 2.79 bits per heavy atom. The molecule has 1 N–H and O–H groups in total. The van der Waals surface area contributed by atoms with Gasteiger partial charge < -0.3 is 10.1 Å². The van der Waals surface area contributed by atoms with Crippen LogP contribution in [0.5, 0.6) is 0 Å². The van der Waals surface area contributed by atoms with Crippen molar-refractivity contribution in [3.8, 4) is 0 Å². The zero-order valence-corrected chi connectivity index (χ0v) is 12.5. The van der Waals surface area contributed by atoms with Gasteiger partial charge in [0.25, 0.3) is 0 Å². The fourth-order valence-corrected chi connectivity index (χ4v) is 2.97. The minimum Gasteiger partial charge on any atom is -0.372 e. The van der Waals surface area contributed by atoms with E-state index in [2.05, 4.69) is 11.4 Å². The van der Waals surface area contributed by atoms with Crippen LogP contribution in [0.3, 0.4) is 0 Å². The molecule has 3 heteroatoms. The summed E-state index contributed by atoms with van der Waals surface area (Å²) in [5.41, 5.74) is 1.16. The van der Waals surface area contributed by atoms with Crippen molar-refractivity contribution in [2.75, 3.05) is 20.2 Å². The first-order valence-electron chi connectivity index (χ1n) is 7.31. The van der Waals surface area contributed by atoms with Gasteiger partial charge in [0.2, 0.25) is 0 Å². The van der Waals surface area contributed by atoms with Crippen LogP contribution in [0.2, 0.25) is 5.02 Å². The van der Waals surface area contributed by atoms with E-state index < -0.39 is 0 Å². The van der Waals surface area contributed by atoms with Gasteiger partial charge in [0.05, 0.1) is 12.7 Å². The van der Waals surface area contributed by atoms with Gasteiger partial charge in [0, 0.05) is 11.6 Å². The fourth-order valence-electron chi connectivity index (χ4n) is 2.77. The molecule has 2 rings (SSSR count). The van der Waals surface area contributed by atoms with Crippen molar-refractivity contribution in [3.05, 3.63) is 34.9 Å². The monoisotopic (exact) mass is 281 g/mol. The van der Waals surface area contributed by atoms with E-state index >= 15 is 0 Å². The molecule has 0 radical (unpaired) electrons. The summed E-state index contributed by atoms with van der Waals surface area (Å²) in [4.78, 5) is 0. The minimum absolute atomic E-state index is 0.102. The van der Waals surface area contributed by atoms with Crippen molar-refractivity contribution >= 4 is 11.6 Å². The molecule has 1 saturated carbocycles. The summed E-state index contributed by atoms with van der Waals surface area (Å²) in [5, 5.41) is 3.98. The Labute approximate surface area is 121 Å². The van der Waals surface area contributed by atoms with E-state index in [1.54, 1.807) is 0 Å². The van der Waals surface area contributed by atoms with Crippen LogP contribution in [0.4, 0.5) is 0 Å². The van der Waals surface area contributed by atoms with Gasteiger partial charge in [-0.3, -0.25) is 0 Å². The van der Waals surface area contributed by atoms with E-state index in [0.29, 0.717) is 0 Å². The topological polar surface area (TPSA) is 21.3 Å². The molecule has 2 nitrogen and oxygen atoms in total. The number of benzene rings is 1. The molecule has 1 unspecified atom stereocenters. The first kappa shape index (κ1) is 14.8. The maximum Gasteiger partial charge on any atom is 0.0949 e. The van der Waals surface area contributed by atoms with E-state index in [9.17, 15) is 0 Å². The smallest absolute Gasteiger partial charge is 0.0949 e. The summed E-state index contributed by atoms with van der Waals surface area (Å²) in [7, 11) is 1.96. The van der Waals surface area contributed by atoms with Crippen LogP contribution in [0.15, 0.2) is 24.3 Å². The maximum absolute atomic E-state index is 6.14. The lowest BCUT2D eigenvalue weighted by atomic mass is 9.90. The Morgan fingerprint density at radius 2 is 2.11 bits per heavy atom. The molecule has 1 aromatic rings. The predicted molar refractivity (Wildman–Crippen MR) is 80.6 cm³/mol. The molecule has 0 saturated heterocycles. The first-order valence-corrected chi connectivity index (χ1v) is 7.69. The van der Waals surface area contributed by atoms with Crippen molar-refractivity contribution in [3.63, 3.8) is 0 Å². The highest BCUT2D eigenvalue weighted by atomic mass is 35.5. The van der Waals surface area contributed by atoms with Gasteiger partial charge in [-0.05, 0) is 43.5 Å². The molecule has 1 fully saturated rings. The highest BCUT2D eigenvalue weighted by molar-refractivity contribution is 6.30. The average molecular weight is 282 g/mol. The highest BCUT2D eigenvalue weighted by Crippen LogP contribution is 2.27. The number of hydrogen-bond donors (Lipinski definition) is 1. The molecular weight excluding hydrogens is 258 g/mol. The second-order valence-corrected chi connectivity index (χ2v) is 5.88. The molecule has 1 atom stereocenters. The van der Waals surface area contributed by atoms with Crippen molar-refractivity contribution in [1.82, 2.24) is 5.32 Å². The molecule has 0 aliphatic heterocycles. The normalized spacial score (nSPS) is 18.4. The Morgan fingerprint density at radius 1 is 1.32 bits per heavy atom. The van der Waals surface area contributed by atoms with Crippen molar-refractivity contribution < 1.29 is 4.74 Å². The number of ether oxygens (including phenoxy) is 1. The van der Waals surface area contributed by atoms with Gasteiger partial charge >= 0.3 is 0 Å². The highest BCUT2D eigenvalue weighted by Gasteiger charge is 2.17. The van der Waals surface area contributed by atoms with Crippen molar-refractivity contribution in [1.29, 1.82) is 0 Å². The van der Waals surface area contributed by atoms with Gasteiger partial charge in [-0.15, -0.1) is 0 Å². The van der Waals surface area contributed by atoms with Crippen LogP contribution < -0.4 is 5.32 Å². The standard InChI is InChI=1S/C16H24ClNO/c1-18-11-16(14-8-5-9-15(17)10-14)19-12-13-6-3-2-4-7-13/h5,8-10,13,16,18H,2-4,6-7,11-12H2,1H3. The zero-order valence-electron chi connectivity index (χ0n) is 11.7. The first-order chi connectivity index (χ1) is 9.29. The average Bonchev–Trinajstić information content (AvgIpc) is 2.44.